The molecule has 5 nitrogen and oxygen atoms in total. The lowest BCUT2D eigenvalue weighted by Gasteiger charge is -2.36. The van der Waals surface area contributed by atoms with Crippen LogP contribution in [0.1, 0.15) is 18.7 Å². The van der Waals surface area contributed by atoms with Crippen molar-refractivity contribution in [2.24, 2.45) is 0 Å². The van der Waals surface area contributed by atoms with Crippen molar-refractivity contribution < 1.29 is 9.32 Å². The molecule has 1 aliphatic heterocycles. The minimum absolute atomic E-state index is 0.0850. The SMILES string of the molecule is CC(=O)N1CC(c2nc(-c3ccccc3Br)no2)C1. The molecule has 0 atom stereocenters. The summed E-state index contributed by atoms with van der Waals surface area (Å²) in [7, 11) is 0. The van der Waals surface area contributed by atoms with Crippen LogP contribution in [0, 0.1) is 0 Å². The first-order valence-corrected chi connectivity index (χ1v) is 6.78. The fourth-order valence-corrected chi connectivity index (χ4v) is 2.51. The Morgan fingerprint density at radius 1 is 1.42 bits per heavy atom. The van der Waals surface area contributed by atoms with Crippen molar-refractivity contribution in [3.8, 4) is 11.4 Å². The van der Waals surface area contributed by atoms with E-state index >= 15 is 0 Å². The number of rotatable bonds is 2. The Hall–Kier alpha value is -1.69. The van der Waals surface area contributed by atoms with Gasteiger partial charge in [0, 0.05) is 30.0 Å². The number of nitrogens with zero attached hydrogens (tertiary/aromatic N) is 3. The summed E-state index contributed by atoms with van der Waals surface area (Å²) in [5, 5.41) is 4.00. The standard InChI is InChI=1S/C13H12BrN3O2/c1-8(18)17-6-9(7-17)13-15-12(16-19-13)10-4-2-3-5-11(10)14/h2-5,9H,6-7H2,1H3. The molecule has 0 N–H and O–H groups in total. The lowest BCUT2D eigenvalue weighted by Crippen LogP contribution is -2.47. The largest absolute Gasteiger partial charge is 0.341 e. The van der Waals surface area contributed by atoms with E-state index in [1.54, 1.807) is 11.8 Å². The van der Waals surface area contributed by atoms with Gasteiger partial charge in [-0.2, -0.15) is 4.98 Å². The predicted molar refractivity (Wildman–Crippen MR) is 72.4 cm³/mol. The molecule has 98 valence electrons. The van der Waals surface area contributed by atoms with Gasteiger partial charge in [0.15, 0.2) is 0 Å². The van der Waals surface area contributed by atoms with Crippen LogP contribution in [0.25, 0.3) is 11.4 Å². The maximum Gasteiger partial charge on any atom is 0.233 e. The summed E-state index contributed by atoms with van der Waals surface area (Å²) in [6, 6.07) is 7.73. The zero-order chi connectivity index (χ0) is 13.4. The molecule has 0 spiro atoms. The van der Waals surface area contributed by atoms with Gasteiger partial charge in [-0.1, -0.05) is 33.2 Å². The van der Waals surface area contributed by atoms with Crippen molar-refractivity contribution in [2.45, 2.75) is 12.8 Å². The van der Waals surface area contributed by atoms with Crippen LogP contribution in [0.2, 0.25) is 0 Å². The van der Waals surface area contributed by atoms with E-state index in [4.69, 9.17) is 4.52 Å². The minimum Gasteiger partial charge on any atom is -0.341 e. The number of amides is 1. The van der Waals surface area contributed by atoms with E-state index in [0.717, 1.165) is 10.0 Å². The van der Waals surface area contributed by atoms with Gasteiger partial charge >= 0.3 is 0 Å². The van der Waals surface area contributed by atoms with Gasteiger partial charge in [-0.05, 0) is 12.1 Å². The molecule has 1 saturated heterocycles. The van der Waals surface area contributed by atoms with E-state index in [0.29, 0.717) is 24.8 Å². The molecule has 0 unspecified atom stereocenters. The first kappa shape index (κ1) is 12.3. The summed E-state index contributed by atoms with van der Waals surface area (Å²) in [4.78, 5) is 17.3. The van der Waals surface area contributed by atoms with Gasteiger partial charge in [0.25, 0.3) is 0 Å². The third kappa shape index (κ3) is 2.28. The zero-order valence-electron chi connectivity index (χ0n) is 10.3. The number of benzene rings is 1. The topological polar surface area (TPSA) is 59.2 Å². The second kappa shape index (κ2) is 4.77. The van der Waals surface area contributed by atoms with Crippen LogP contribution in [-0.2, 0) is 4.79 Å². The Balaban J connectivity index is 1.78. The summed E-state index contributed by atoms with van der Waals surface area (Å²) in [5.41, 5.74) is 0.903. The Kier molecular flexibility index (Phi) is 3.10. The van der Waals surface area contributed by atoms with Crippen LogP contribution in [0.15, 0.2) is 33.3 Å². The van der Waals surface area contributed by atoms with Crippen molar-refractivity contribution in [2.75, 3.05) is 13.1 Å². The van der Waals surface area contributed by atoms with Crippen LogP contribution >= 0.6 is 15.9 Å². The quantitative estimate of drug-likeness (QED) is 0.852. The van der Waals surface area contributed by atoms with Gasteiger partial charge in [0.2, 0.25) is 17.6 Å². The monoisotopic (exact) mass is 321 g/mol. The summed E-state index contributed by atoms with van der Waals surface area (Å²) < 4.78 is 6.22. The molecule has 1 fully saturated rings. The first-order chi connectivity index (χ1) is 9.15. The normalized spacial score (nSPS) is 15.4. The highest BCUT2D eigenvalue weighted by Gasteiger charge is 2.34. The van der Waals surface area contributed by atoms with Crippen LogP contribution in [0.3, 0.4) is 0 Å². The molecule has 0 bridgehead atoms. The molecule has 2 aromatic rings. The first-order valence-electron chi connectivity index (χ1n) is 5.99. The Labute approximate surface area is 118 Å². The Morgan fingerprint density at radius 2 is 2.16 bits per heavy atom. The average Bonchev–Trinajstić information content (AvgIpc) is 2.76. The molecule has 2 heterocycles. The highest BCUT2D eigenvalue weighted by Crippen LogP contribution is 2.30. The molecule has 0 saturated carbocycles. The highest BCUT2D eigenvalue weighted by molar-refractivity contribution is 9.10. The third-order valence-corrected chi connectivity index (χ3v) is 3.92. The molecule has 1 aliphatic rings. The molecular weight excluding hydrogens is 310 g/mol. The van der Waals surface area contributed by atoms with Crippen LogP contribution in [0.4, 0.5) is 0 Å². The molecule has 3 rings (SSSR count). The number of aromatic nitrogens is 2. The van der Waals surface area contributed by atoms with Crippen molar-refractivity contribution >= 4 is 21.8 Å². The number of hydrogen-bond acceptors (Lipinski definition) is 4. The molecule has 1 amide bonds. The fraction of sp³-hybridized carbons (Fsp3) is 0.308. The lowest BCUT2D eigenvalue weighted by atomic mass is 10.0. The van der Waals surface area contributed by atoms with E-state index in [1.165, 1.54) is 0 Å². The minimum atomic E-state index is 0.0850. The molecular formula is C13H12BrN3O2. The Morgan fingerprint density at radius 3 is 2.84 bits per heavy atom. The van der Waals surface area contributed by atoms with Gasteiger partial charge in [0.05, 0.1) is 5.92 Å². The maximum absolute atomic E-state index is 11.1. The lowest BCUT2D eigenvalue weighted by molar-refractivity contribution is -0.133. The molecule has 19 heavy (non-hydrogen) atoms. The molecule has 0 radical (unpaired) electrons. The summed E-state index contributed by atoms with van der Waals surface area (Å²) in [5.74, 6) is 1.42. The van der Waals surface area contributed by atoms with Crippen molar-refractivity contribution in [1.82, 2.24) is 15.0 Å². The number of carbonyl (C=O) groups is 1. The number of hydrogen-bond donors (Lipinski definition) is 0. The van der Waals surface area contributed by atoms with Gasteiger partial charge in [0.1, 0.15) is 0 Å². The van der Waals surface area contributed by atoms with E-state index in [9.17, 15) is 4.79 Å². The fourth-order valence-electron chi connectivity index (χ4n) is 2.04. The van der Waals surface area contributed by atoms with Crippen molar-refractivity contribution in [3.05, 3.63) is 34.6 Å². The second-order valence-corrected chi connectivity index (χ2v) is 5.41. The molecule has 0 aliphatic carbocycles. The smallest absolute Gasteiger partial charge is 0.233 e. The van der Waals surface area contributed by atoms with Crippen molar-refractivity contribution in [3.63, 3.8) is 0 Å². The van der Waals surface area contributed by atoms with Crippen LogP contribution in [-0.4, -0.2) is 34.0 Å². The highest BCUT2D eigenvalue weighted by atomic mass is 79.9. The average molecular weight is 322 g/mol. The van der Waals surface area contributed by atoms with Crippen molar-refractivity contribution in [1.29, 1.82) is 0 Å². The molecule has 6 heteroatoms. The Bertz CT molecular complexity index is 620. The van der Waals surface area contributed by atoms with E-state index in [-0.39, 0.29) is 11.8 Å². The number of likely N-dealkylation sites (tertiary alicyclic amines) is 1. The number of halogens is 1. The predicted octanol–water partition coefficient (Wildman–Crippen LogP) is 2.44. The maximum atomic E-state index is 11.1. The third-order valence-electron chi connectivity index (χ3n) is 3.23. The van der Waals surface area contributed by atoms with Gasteiger partial charge in [-0.3, -0.25) is 4.79 Å². The summed E-state index contributed by atoms with van der Waals surface area (Å²) >= 11 is 3.46. The van der Waals surface area contributed by atoms with Gasteiger partial charge in [-0.15, -0.1) is 0 Å². The summed E-state index contributed by atoms with van der Waals surface area (Å²) in [6.45, 7) is 2.89. The van der Waals surface area contributed by atoms with Gasteiger partial charge in [-0.25, -0.2) is 0 Å². The van der Waals surface area contributed by atoms with E-state index in [2.05, 4.69) is 26.1 Å². The number of carbonyl (C=O) groups excluding carboxylic acids is 1. The van der Waals surface area contributed by atoms with Crippen LogP contribution < -0.4 is 0 Å². The van der Waals surface area contributed by atoms with E-state index < -0.39 is 0 Å². The van der Waals surface area contributed by atoms with Crippen LogP contribution in [0.5, 0.6) is 0 Å². The second-order valence-electron chi connectivity index (χ2n) is 4.56. The van der Waals surface area contributed by atoms with Gasteiger partial charge < -0.3 is 9.42 Å². The van der Waals surface area contributed by atoms with E-state index in [1.807, 2.05) is 24.3 Å². The zero-order valence-corrected chi connectivity index (χ0v) is 11.9. The molecule has 1 aromatic heterocycles. The molecule has 1 aromatic carbocycles. The summed E-state index contributed by atoms with van der Waals surface area (Å²) in [6.07, 6.45) is 0.